The first-order chi connectivity index (χ1) is 10.5. The van der Waals surface area contributed by atoms with Crippen LogP contribution < -0.4 is 0 Å². The van der Waals surface area contributed by atoms with Crippen molar-refractivity contribution < 1.29 is 17.9 Å². The zero-order chi connectivity index (χ0) is 15.6. The second kappa shape index (κ2) is 6.34. The highest BCUT2D eigenvalue weighted by Crippen LogP contribution is 2.23. The Labute approximate surface area is 133 Å². The summed E-state index contributed by atoms with van der Waals surface area (Å²) < 4.78 is 29.0. The third-order valence-corrected chi connectivity index (χ3v) is 6.43. The average molecular weight is 339 g/mol. The summed E-state index contributed by atoms with van der Waals surface area (Å²) in [6.45, 7) is 0. The quantitative estimate of drug-likeness (QED) is 0.782. The van der Waals surface area contributed by atoms with Crippen LogP contribution in [0.5, 0.6) is 0 Å². The summed E-state index contributed by atoms with van der Waals surface area (Å²) in [6.07, 6.45) is 1.66. The van der Waals surface area contributed by atoms with Gasteiger partial charge in [0.2, 0.25) is 0 Å². The van der Waals surface area contributed by atoms with E-state index in [2.05, 4.69) is 4.98 Å². The van der Waals surface area contributed by atoms with Gasteiger partial charge in [-0.05, 0) is 31.4 Å². The molecule has 1 aromatic heterocycles. The van der Waals surface area contributed by atoms with Gasteiger partial charge in [-0.15, -0.1) is 11.3 Å². The molecule has 0 amide bonds. The van der Waals surface area contributed by atoms with Crippen molar-refractivity contribution in [2.45, 2.75) is 31.8 Å². The molecule has 1 fully saturated rings. The molecule has 2 heterocycles. The highest BCUT2D eigenvalue weighted by Gasteiger charge is 2.30. The van der Waals surface area contributed by atoms with Gasteiger partial charge >= 0.3 is 5.97 Å². The Morgan fingerprint density at radius 2 is 2.18 bits per heavy atom. The SMILES string of the molecule is O=C(CCCc1nc2ccccc2s1)O[C@@H]1CCS(=O)(=O)C1. The molecule has 0 N–H and O–H groups in total. The molecule has 0 unspecified atom stereocenters. The zero-order valence-electron chi connectivity index (χ0n) is 12.0. The zero-order valence-corrected chi connectivity index (χ0v) is 13.7. The number of benzene rings is 1. The normalized spacial score (nSPS) is 20.3. The van der Waals surface area contributed by atoms with Crippen LogP contribution in [-0.2, 0) is 25.8 Å². The van der Waals surface area contributed by atoms with Gasteiger partial charge in [0.15, 0.2) is 9.84 Å². The summed E-state index contributed by atoms with van der Waals surface area (Å²) in [6, 6.07) is 7.95. The number of aromatic nitrogens is 1. The number of sulfone groups is 1. The van der Waals surface area contributed by atoms with Crippen molar-refractivity contribution >= 4 is 37.4 Å². The molecule has 0 radical (unpaired) electrons. The Kier molecular flexibility index (Phi) is 4.44. The minimum atomic E-state index is -3.00. The number of aryl methyl sites for hydroxylation is 1. The third kappa shape index (κ3) is 3.84. The van der Waals surface area contributed by atoms with Gasteiger partial charge in [0.1, 0.15) is 6.10 Å². The monoisotopic (exact) mass is 339 g/mol. The molecule has 3 rings (SSSR count). The molecule has 1 aliphatic rings. The van der Waals surface area contributed by atoms with Gasteiger partial charge in [0.05, 0.1) is 26.7 Å². The molecule has 1 saturated heterocycles. The maximum Gasteiger partial charge on any atom is 0.306 e. The second-order valence-corrected chi connectivity index (χ2v) is 8.79. The number of hydrogen-bond donors (Lipinski definition) is 0. The molecular weight excluding hydrogens is 322 g/mol. The van der Waals surface area contributed by atoms with Crippen LogP contribution in [0.1, 0.15) is 24.3 Å². The Bertz CT molecular complexity index is 749. The molecule has 118 valence electrons. The minimum absolute atomic E-state index is 0.0311. The van der Waals surface area contributed by atoms with E-state index in [0.29, 0.717) is 19.3 Å². The molecule has 22 heavy (non-hydrogen) atoms. The fourth-order valence-corrected chi connectivity index (χ4v) is 5.11. The van der Waals surface area contributed by atoms with Gasteiger partial charge in [-0.25, -0.2) is 13.4 Å². The van der Waals surface area contributed by atoms with Crippen molar-refractivity contribution in [2.24, 2.45) is 0 Å². The van der Waals surface area contributed by atoms with Crippen LogP contribution in [0.15, 0.2) is 24.3 Å². The Morgan fingerprint density at radius 1 is 1.36 bits per heavy atom. The number of para-hydroxylation sites is 1. The summed E-state index contributed by atoms with van der Waals surface area (Å²) in [5, 5.41) is 1.01. The maximum absolute atomic E-state index is 11.7. The molecule has 7 heteroatoms. The molecule has 1 atom stereocenters. The Morgan fingerprint density at radius 3 is 2.91 bits per heavy atom. The van der Waals surface area contributed by atoms with Crippen molar-refractivity contribution in [2.75, 3.05) is 11.5 Å². The van der Waals surface area contributed by atoms with E-state index in [0.717, 1.165) is 21.6 Å². The van der Waals surface area contributed by atoms with E-state index in [1.165, 1.54) is 0 Å². The molecule has 0 spiro atoms. The number of nitrogens with zero attached hydrogens (tertiary/aromatic N) is 1. The van der Waals surface area contributed by atoms with E-state index in [9.17, 15) is 13.2 Å². The topological polar surface area (TPSA) is 73.3 Å². The molecule has 2 aromatic rings. The lowest BCUT2D eigenvalue weighted by molar-refractivity contribution is -0.147. The molecule has 0 aliphatic carbocycles. The van der Waals surface area contributed by atoms with E-state index in [1.807, 2.05) is 24.3 Å². The molecule has 5 nitrogen and oxygen atoms in total. The number of hydrogen-bond acceptors (Lipinski definition) is 6. The smallest absolute Gasteiger partial charge is 0.306 e. The van der Waals surface area contributed by atoms with E-state index in [1.54, 1.807) is 11.3 Å². The van der Waals surface area contributed by atoms with Crippen molar-refractivity contribution in [1.82, 2.24) is 4.98 Å². The Balaban J connectivity index is 1.45. The number of rotatable bonds is 5. The number of esters is 1. The Hall–Kier alpha value is -1.47. The number of thiazole rings is 1. The maximum atomic E-state index is 11.7. The number of carbonyl (C=O) groups excluding carboxylic acids is 1. The first-order valence-corrected chi connectivity index (χ1v) is 9.90. The van der Waals surface area contributed by atoms with Gasteiger partial charge in [0.25, 0.3) is 0 Å². The van der Waals surface area contributed by atoms with E-state index >= 15 is 0 Å². The summed E-state index contributed by atoms with van der Waals surface area (Å²) in [5.41, 5.74) is 0.987. The van der Waals surface area contributed by atoms with Gasteiger partial charge in [-0.3, -0.25) is 4.79 Å². The molecule has 1 aliphatic heterocycles. The van der Waals surface area contributed by atoms with Crippen molar-refractivity contribution in [3.8, 4) is 0 Å². The van der Waals surface area contributed by atoms with E-state index in [-0.39, 0.29) is 17.5 Å². The predicted octanol–water partition coefficient (Wildman–Crippen LogP) is 2.35. The largest absolute Gasteiger partial charge is 0.461 e. The van der Waals surface area contributed by atoms with E-state index in [4.69, 9.17) is 4.74 Å². The number of ether oxygens (including phenoxy) is 1. The van der Waals surface area contributed by atoms with Crippen LogP contribution in [0, 0.1) is 0 Å². The van der Waals surface area contributed by atoms with Crippen LogP contribution >= 0.6 is 11.3 Å². The van der Waals surface area contributed by atoms with Crippen molar-refractivity contribution in [3.63, 3.8) is 0 Å². The summed E-state index contributed by atoms with van der Waals surface area (Å²) in [5.74, 6) is -0.226. The van der Waals surface area contributed by atoms with Gasteiger partial charge in [-0.2, -0.15) is 0 Å². The molecule has 0 saturated carbocycles. The summed E-state index contributed by atoms with van der Waals surface area (Å²) in [4.78, 5) is 16.3. The number of carbonyl (C=O) groups is 1. The lowest BCUT2D eigenvalue weighted by Crippen LogP contribution is -2.19. The van der Waals surface area contributed by atoms with Gasteiger partial charge in [0, 0.05) is 6.42 Å². The lowest BCUT2D eigenvalue weighted by Gasteiger charge is -2.09. The lowest BCUT2D eigenvalue weighted by atomic mass is 10.2. The standard InChI is InChI=1S/C15H17NO4S2/c17-15(20-11-8-9-22(18,19)10-11)7-3-6-14-16-12-4-1-2-5-13(12)21-14/h1-2,4-5,11H,3,6-10H2/t11-/m1/s1. The van der Waals surface area contributed by atoms with Crippen LogP contribution in [0.25, 0.3) is 10.2 Å². The third-order valence-electron chi connectivity index (χ3n) is 3.60. The minimum Gasteiger partial charge on any atom is -0.461 e. The summed E-state index contributed by atoms with van der Waals surface area (Å²) in [7, 11) is -3.00. The molecule has 1 aromatic carbocycles. The fraction of sp³-hybridized carbons (Fsp3) is 0.467. The molecule has 0 bridgehead atoms. The summed E-state index contributed by atoms with van der Waals surface area (Å²) >= 11 is 1.64. The highest BCUT2D eigenvalue weighted by molar-refractivity contribution is 7.91. The molecular formula is C15H17NO4S2. The first-order valence-electron chi connectivity index (χ1n) is 7.26. The van der Waals surface area contributed by atoms with Crippen molar-refractivity contribution in [1.29, 1.82) is 0 Å². The fourth-order valence-electron chi connectivity index (χ4n) is 2.51. The van der Waals surface area contributed by atoms with E-state index < -0.39 is 15.9 Å². The number of fused-ring (bicyclic) bond motifs is 1. The average Bonchev–Trinajstić information content (AvgIpc) is 3.01. The first kappa shape index (κ1) is 15.4. The van der Waals surface area contributed by atoms with Crippen LogP contribution in [0.2, 0.25) is 0 Å². The van der Waals surface area contributed by atoms with Crippen LogP contribution in [-0.4, -0.2) is 37.0 Å². The predicted molar refractivity (Wildman–Crippen MR) is 85.7 cm³/mol. The second-order valence-electron chi connectivity index (χ2n) is 5.44. The van der Waals surface area contributed by atoms with Gasteiger partial charge < -0.3 is 4.74 Å². The van der Waals surface area contributed by atoms with Crippen LogP contribution in [0.4, 0.5) is 0 Å². The highest BCUT2D eigenvalue weighted by atomic mass is 32.2. The van der Waals surface area contributed by atoms with Crippen molar-refractivity contribution in [3.05, 3.63) is 29.3 Å². The van der Waals surface area contributed by atoms with Gasteiger partial charge in [-0.1, -0.05) is 12.1 Å². The van der Waals surface area contributed by atoms with Crippen LogP contribution in [0.3, 0.4) is 0 Å².